The van der Waals surface area contributed by atoms with Crippen LogP contribution >= 0.6 is 0 Å². The second kappa shape index (κ2) is 14.9. The van der Waals surface area contributed by atoms with Gasteiger partial charge in [0, 0.05) is 19.3 Å². The molecule has 2 N–H and O–H groups in total. The Bertz CT molecular complexity index is 971. The van der Waals surface area contributed by atoms with Gasteiger partial charge in [-0.3, -0.25) is 19.2 Å². The third kappa shape index (κ3) is 10.1. The van der Waals surface area contributed by atoms with Gasteiger partial charge in [-0.2, -0.15) is 0 Å². The summed E-state index contributed by atoms with van der Waals surface area (Å²) in [6.07, 6.45) is 0.281. The summed E-state index contributed by atoms with van der Waals surface area (Å²) in [6.45, 7) is 14.9. The Morgan fingerprint density at radius 1 is 0.842 bits per heavy atom. The number of methoxy groups -OCH3 is 1. The van der Waals surface area contributed by atoms with Crippen LogP contribution < -0.4 is 15.2 Å². The Hall–Kier alpha value is -2.94. The lowest BCUT2D eigenvalue weighted by Crippen LogP contribution is -2.51. The average Bonchev–Trinajstić information content (AvgIpc) is 2.83. The van der Waals surface area contributed by atoms with Gasteiger partial charge < -0.3 is 24.7 Å². The normalized spacial score (nSPS) is 14.6. The van der Waals surface area contributed by atoms with Crippen LogP contribution in [-0.4, -0.2) is 43.1 Å². The van der Waals surface area contributed by atoms with Gasteiger partial charge in [0.25, 0.3) is 0 Å². The van der Waals surface area contributed by atoms with Crippen molar-refractivity contribution < 1.29 is 38.1 Å². The van der Waals surface area contributed by atoms with E-state index in [1.165, 1.54) is 19.2 Å². The zero-order valence-corrected chi connectivity index (χ0v) is 24.3. The fourth-order valence-electron chi connectivity index (χ4n) is 3.34. The van der Waals surface area contributed by atoms with Gasteiger partial charge in [0.2, 0.25) is 0 Å². The molecule has 0 aliphatic rings. The first-order chi connectivity index (χ1) is 17.6. The molecule has 0 spiro atoms. The van der Waals surface area contributed by atoms with Gasteiger partial charge in [0.1, 0.15) is 5.54 Å². The first-order valence-corrected chi connectivity index (χ1v) is 13.2. The van der Waals surface area contributed by atoms with E-state index >= 15 is 0 Å². The van der Waals surface area contributed by atoms with E-state index in [1.54, 1.807) is 19.9 Å². The van der Waals surface area contributed by atoms with Crippen LogP contribution in [0.2, 0.25) is 0 Å². The largest absolute Gasteiger partial charge is 0.468 e. The van der Waals surface area contributed by atoms with Gasteiger partial charge in [0.15, 0.2) is 11.5 Å². The van der Waals surface area contributed by atoms with E-state index in [4.69, 9.17) is 24.7 Å². The molecule has 214 valence electrons. The highest BCUT2D eigenvalue weighted by Gasteiger charge is 2.36. The molecule has 9 nitrogen and oxygen atoms in total. The third-order valence-electron chi connectivity index (χ3n) is 6.67. The molecule has 1 rings (SSSR count). The van der Waals surface area contributed by atoms with E-state index in [1.807, 2.05) is 41.5 Å². The van der Waals surface area contributed by atoms with Crippen molar-refractivity contribution in [3.8, 4) is 11.5 Å². The molecule has 0 saturated carbocycles. The summed E-state index contributed by atoms with van der Waals surface area (Å²) in [4.78, 5) is 49.9. The van der Waals surface area contributed by atoms with Gasteiger partial charge >= 0.3 is 23.9 Å². The minimum absolute atomic E-state index is 0.00229. The molecule has 0 heterocycles. The van der Waals surface area contributed by atoms with Crippen LogP contribution in [0.1, 0.15) is 73.8 Å². The fraction of sp³-hybridized carbons (Fsp3) is 0.655. The van der Waals surface area contributed by atoms with Crippen LogP contribution in [0, 0.1) is 29.6 Å². The fourth-order valence-corrected chi connectivity index (χ4v) is 3.34. The molecular weight excluding hydrogens is 490 g/mol. The summed E-state index contributed by atoms with van der Waals surface area (Å²) in [5.41, 5.74) is 5.48. The predicted octanol–water partition coefficient (Wildman–Crippen LogP) is 4.47. The lowest BCUT2D eigenvalue weighted by Gasteiger charge is -2.27. The molecule has 3 atom stereocenters. The molecule has 1 aromatic carbocycles. The molecule has 1 aromatic rings. The zero-order chi connectivity index (χ0) is 29.2. The van der Waals surface area contributed by atoms with E-state index < -0.39 is 29.4 Å². The second-order valence-corrected chi connectivity index (χ2v) is 11.1. The van der Waals surface area contributed by atoms with E-state index in [-0.39, 0.29) is 67.0 Å². The molecule has 0 aromatic heterocycles. The first-order valence-electron chi connectivity index (χ1n) is 13.2. The maximum absolute atomic E-state index is 12.8. The van der Waals surface area contributed by atoms with Crippen molar-refractivity contribution in [3.05, 3.63) is 23.8 Å². The summed E-state index contributed by atoms with van der Waals surface area (Å²) in [7, 11) is 1.23. The summed E-state index contributed by atoms with van der Waals surface area (Å²) in [5, 5.41) is 0. The highest BCUT2D eigenvalue weighted by molar-refractivity contribution is 5.81. The molecule has 0 bridgehead atoms. The smallest absolute Gasteiger partial charge is 0.326 e. The first kappa shape index (κ1) is 33.1. The Morgan fingerprint density at radius 2 is 1.37 bits per heavy atom. The number of esters is 4. The van der Waals surface area contributed by atoms with Crippen molar-refractivity contribution >= 4 is 23.9 Å². The summed E-state index contributed by atoms with van der Waals surface area (Å²) in [6, 6.07) is 4.69. The monoisotopic (exact) mass is 535 g/mol. The molecule has 2 unspecified atom stereocenters. The standard InChI is InChI=1S/C29H45NO8/c1-17(2)14-25(31)36-13-12-29(30,28(34)35-9)16-22-10-11-23(37-26(32)20(7)18(3)4)24(15-22)38-27(33)21(8)19(5)6/h10-11,15,17-21H,12-14,16,30H2,1-9H3/t20?,21?,29-/m1/s1. The van der Waals surface area contributed by atoms with Crippen molar-refractivity contribution in [2.24, 2.45) is 35.3 Å². The third-order valence-corrected chi connectivity index (χ3v) is 6.67. The zero-order valence-electron chi connectivity index (χ0n) is 24.3. The number of ether oxygens (including phenoxy) is 4. The highest BCUT2D eigenvalue weighted by Crippen LogP contribution is 2.32. The Kier molecular flexibility index (Phi) is 12.9. The number of hydrogen-bond acceptors (Lipinski definition) is 9. The molecule has 0 aliphatic carbocycles. The minimum Gasteiger partial charge on any atom is -0.468 e. The van der Waals surface area contributed by atoms with Crippen LogP contribution in [0.3, 0.4) is 0 Å². The minimum atomic E-state index is -1.51. The van der Waals surface area contributed by atoms with Crippen molar-refractivity contribution in [3.63, 3.8) is 0 Å². The lowest BCUT2D eigenvalue weighted by molar-refractivity contribution is -0.151. The number of carbonyl (C=O) groups excluding carboxylic acids is 4. The van der Waals surface area contributed by atoms with Gasteiger partial charge in [0.05, 0.1) is 25.6 Å². The van der Waals surface area contributed by atoms with Crippen LogP contribution in [-0.2, 0) is 35.1 Å². The van der Waals surface area contributed by atoms with Crippen molar-refractivity contribution in [2.45, 2.75) is 80.2 Å². The quantitative estimate of drug-likeness (QED) is 0.271. The number of rotatable bonds is 14. The number of benzene rings is 1. The SMILES string of the molecule is COC(=O)[C@@](N)(CCOC(=O)CC(C)C)Cc1ccc(OC(=O)C(C)C(C)C)c(OC(=O)C(C)C(C)C)c1. The number of hydrogen-bond donors (Lipinski definition) is 1. The van der Waals surface area contributed by atoms with E-state index in [0.717, 1.165) is 0 Å². The molecule has 38 heavy (non-hydrogen) atoms. The second-order valence-electron chi connectivity index (χ2n) is 11.1. The summed E-state index contributed by atoms with van der Waals surface area (Å²) < 4.78 is 21.4. The molecule has 0 saturated heterocycles. The van der Waals surface area contributed by atoms with Crippen LogP contribution in [0.5, 0.6) is 11.5 Å². The molecule has 0 amide bonds. The highest BCUT2D eigenvalue weighted by atomic mass is 16.6. The molecule has 0 aliphatic heterocycles. The maximum Gasteiger partial charge on any atom is 0.326 e. The number of carbonyl (C=O) groups is 4. The molecule has 0 fully saturated rings. The summed E-state index contributed by atoms with van der Waals surface area (Å²) in [5.74, 6) is -2.37. The van der Waals surface area contributed by atoms with Gasteiger partial charge in [-0.05, 0) is 35.4 Å². The topological polar surface area (TPSA) is 131 Å². The van der Waals surface area contributed by atoms with Crippen molar-refractivity contribution in [1.29, 1.82) is 0 Å². The van der Waals surface area contributed by atoms with Gasteiger partial charge in [-0.25, -0.2) is 0 Å². The molecule has 0 radical (unpaired) electrons. The maximum atomic E-state index is 12.8. The van der Waals surface area contributed by atoms with Crippen LogP contribution in [0.15, 0.2) is 18.2 Å². The van der Waals surface area contributed by atoms with E-state index in [0.29, 0.717) is 5.56 Å². The van der Waals surface area contributed by atoms with E-state index in [2.05, 4.69) is 0 Å². The van der Waals surface area contributed by atoms with Crippen molar-refractivity contribution in [2.75, 3.05) is 13.7 Å². The molecule has 9 heteroatoms. The van der Waals surface area contributed by atoms with Crippen molar-refractivity contribution in [1.82, 2.24) is 0 Å². The number of nitrogens with two attached hydrogens (primary N) is 1. The van der Waals surface area contributed by atoms with Crippen LogP contribution in [0.25, 0.3) is 0 Å². The van der Waals surface area contributed by atoms with Crippen LogP contribution in [0.4, 0.5) is 0 Å². The lowest BCUT2D eigenvalue weighted by atomic mass is 9.88. The van der Waals surface area contributed by atoms with Gasteiger partial charge in [-0.15, -0.1) is 0 Å². The predicted molar refractivity (Wildman–Crippen MR) is 143 cm³/mol. The Balaban J connectivity index is 3.27. The van der Waals surface area contributed by atoms with Gasteiger partial charge in [-0.1, -0.05) is 61.5 Å². The summed E-state index contributed by atoms with van der Waals surface area (Å²) >= 11 is 0. The Morgan fingerprint density at radius 3 is 1.84 bits per heavy atom. The average molecular weight is 536 g/mol. The Labute approximate surface area is 226 Å². The molecular formula is C29H45NO8. The van der Waals surface area contributed by atoms with E-state index in [9.17, 15) is 19.2 Å².